The molecule has 2 aliphatic heterocycles. The zero-order chi connectivity index (χ0) is 25.8. The summed E-state index contributed by atoms with van der Waals surface area (Å²) in [4.78, 5) is 0. The largest absolute Gasteiger partial charge is 0.457 e. The number of hydrogen-bond donors (Lipinski definition) is 0. The van der Waals surface area contributed by atoms with Gasteiger partial charge >= 0.3 is 0 Å². The molecule has 2 heterocycles. The van der Waals surface area contributed by atoms with Crippen molar-refractivity contribution in [2.75, 3.05) is 13.2 Å². The summed E-state index contributed by atoms with van der Waals surface area (Å²) in [7, 11) is 0. The monoisotopic (exact) mass is 506 g/mol. The molecule has 2 unspecified atom stereocenters. The highest BCUT2D eigenvalue weighted by Crippen LogP contribution is 2.44. The lowest BCUT2D eigenvalue weighted by Crippen LogP contribution is -2.40. The van der Waals surface area contributed by atoms with Crippen molar-refractivity contribution in [3.63, 3.8) is 0 Å². The van der Waals surface area contributed by atoms with Crippen LogP contribution in [0.3, 0.4) is 0 Å². The standard InChI is InChI=1S/C34H50O3/c1-3-5-7-9-11-13-23-33(25-27-35-33)29-15-19-31(20-16-29)37-32-21-17-30(18-22-32)34(26-28-36-34)24-14-12-10-8-6-4-2/h15-22H,3-14,23-28H2,1-2H3. The molecule has 0 N–H and O–H groups in total. The molecule has 2 fully saturated rings. The first-order valence-electron chi connectivity index (χ1n) is 15.4. The van der Waals surface area contributed by atoms with Crippen molar-refractivity contribution >= 4 is 0 Å². The maximum atomic E-state index is 6.21. The van der Waals surface area contributed by atoms with Crippen LogP contribution >= 0.6 is 0 Å². The molecule has 204 valence electrons. The summed E-state index contributed by atoms with van der Waals surface area (Å²) in [5.41, 5.74) is 2.46. The molecule has 0 amide bonds. The van der Waals surface area contributed by atoms with Crippen LogP contribution < -0.4 is 4.74 Å². The van der Waals surface area contributed by atoms with Gasteiger partial charge in [0.2, 0.25) is 0 Å². The summed E-state index contributed by atoms with van der Waals surface area (Å²) in [6, 6.07) is 17.2. The molecule has 2 aromatic rings. The lowest BCUT2D eigenvalue weighted by Gasteiger charge is -2.43. The van der Waals surface area contributed by atoms with Gasteiger partial charge in [-0.15, -0.1) is 0 Å². The fraction of sp³-hybridized carbons (Fsp3) is 0.647. The lowest BCUT2D eigenvalue weighted by molar-refractivity contribution is -0.160. The van der Waals surface area contributed by atoms with Gasteiger partial charge in [0.05, 0.1) is 24.4 Å². The van der Waals surface area contributed by atoms with Gasteiger partial charge in [-0.25, -0.2) is 0 Å². The number of rotatable bonds is 18. The fourth-order valence-corrected chi connectivity index (χ4v) is 6.01. The second-order valence-electron chi connectivity index (χ2n) is 11.4. The predicted molar refractivity (Wildman–Crippen MR) is 153 cm³/mol. The minimum Gasteiger partial charge on any atom is -0.457 e. The highest BCUT2D eigenvalue weighted by atomic mass is 16.5. The lowest BCUT2D eigenvalue weighted by atomic mass is 9.81. The Bertz CT molecular complexity index is 818. The molecule has 2 atom stereocenters. The van der Waals surface area contributed by atoms with Gasteiger partial charge in [-0.1, -0.05) is 115 Å². The van der Waals surface area contributed by atoms with E-state index in [1.165, 1.54) is 88.2 Å². The quantitative estimate of drug-likeness (QED) is 0.188. The van der Waals surface area contributed by atoms with E-state index < -0.39 is 0 Å². The van der Waals surface area contributed by atoms with Crippen molar-refractivity contribution < 1.29 is 14.2 Å². The van der Waals surface area contributed by atoms with E-state index >= 15 is 0 Å². The van der Waals surface area contributed by atoms with Crippen molar-refractivity contribution in [2.24, 2.45) is 0 Å². The molecule has 2 aromatic carbocycles. The third-order valence-electron chi connectivity index (χ3n) is 8.63. The van der Waals surface area contributed by atoms with Gasteiger partial charge in [0, 0.05) is 12.8 Å². The Balaban J connectivity index is 1.26. The molecule has 0 spiro atoms. The second-order valence-corrected chi connectivity index (χ2v) is 11.4. The predicted octanol–water partition coefficient (Wildman–Crippen LogP) is 10.2. The minimum absolute atomic E-state index is 0.0714. The summed E-state index contributed by atoms with van der Waals surface area (Å²) in [5.74, 6) is 1.76. The van der Waals surface area contributed by atoms with Gasteiger partial charge in [0.1, 0.15) is 11.5 Å². The Morgan fingerprint density at radius 2 is 0.892 bits per heavy atom. The molecule has 37 heavy (non-hydrogen) atoms. The first kappa shape index (κ1) is 28.2. The molecular weight excluding hydrogens is 456 g/mol. The third kappa shape index (κ3) is 7.60. The van der Waals surface area contributed by atoms with Crippen molar-refractivity contribution in [2.45, 2.75) is 128 Å². The maximum absolute atomic E-state index is 6.21. The van der Waals surface area contributed by atoms with E-state index in [1.807, 2.05) is 0 Å². The summed E-state index contributed by atoms with van der Waals surface area (Å²) in [5, 5.41) is 0. The minimum atomic E-state index is -0.0714. The molecule has 0 radical (unpaired) electrons. The van der Waals surface area contributed by atoms with E-state index in [0.29, 0.717) is 0 Å². The van der Waals surface area contributed by atoms with Gasteiger partial charge in [-0.3, -0.25) is 0 Å². The average Bonchev–Trinajstić information content (AvgIpc) is 2.87. The van der Waals surface area contributed by atoms with E-state index in [-0.39, 0.29) is 11.2 Å². The SMILES string of the molecule is CCCCCCCCC1(c2ccc(Oc3ccc(C4(CCCCCCCC)CCO4)cc3)cc2)CCO1. The zero-order valence-corrected chi connectivity index (χ0v) is 23.6. The topological polar surface area (TPSA) is 27.7 Å². The highest BCUT2D eigenvalue weighted by Gasteiger charge is 2.40. The van der Waals surface area contributed by atoms with Gasteiger partial charge in [-0.2, -0.15) is 0 Å². The van der Waals surface area contributed by atoms with Gasteiger partial charge in [0.25, 0.3) is 0 Å². The molecule has 0 saturated carbocycles. The Kier molecular flexibility index (Phi) is 10.9. The van der Waals surface area contributed by atoms with Crippen LogP contribution in [0.4, 0.5) is 0 Å². The van der Waals surface area contributed by atoms with E-state index in [9.17, 15) is 0 Å². The van der Waals surface area contributed by atoms with E-state index in [2.05, 4.69) is 62.4 Å². The van der Waals surface area contributed by atoms with Crippen LogP contribution in [-0.2, 0) is 20.7 Å². The molecule has 2 aliphatic rings. The molecule has 0 bridgehead atoms. The first-order valence-corrected chi connectivity index (χ1v) is 15.4. The van der Waals surface area contributed by atoms with Gasteiger partial charge in [0.15, 0.2) is 0 Å². The van der Waals surface area contributed by atoms with Crippen LogP contribution in [0.2, 0.25) is 0 Å². The van der Waals surface area contributed by atoms with Crippen molar-refractivity contribution in [3.8, 4) is 11.5 Å². The smallest absolute Gasteiger partial charge is 0.127 e. The van der Waals surface area contributed by atoms with Crippen LogP contribution in [0.25, 0.3) is 0 Å². The molecule has 2 saturated heterocycles. The molecule has 0 aliphatic carbocycles. The Morgan fingerprint density at radius 3 is 1.22 bits per heavy atom. The van der Waals surface area contributed by atoms with E-state index in [4.69, 9.17) is 14.2 Å². The van der Waals surface area contributed by atoms with Crippen molar-refractivity contribution in [1.29, 1.82) is 0 Å². The summed E-state index contributed by atoms with van der Waals surface area (Å²) in [6.45, 7) is 6.31. The third-order valence-corrected chi connectivity index (χ3v) is 8.63. The Labute approximate surface area is 226 Å². The fourth-order valence-electron chi connectivity index (χ4n) is 6.01. The van der Waals surface area contributed by atoms with Crippen LogP contribution in [0.5, 0.6) is 11.5 Å². The van der Waals surface area contributed by atoms with Crippen molar-refractivity contribution in [3.05, 3.63) is 59.7 Å². The number of benzene rings is 2. The molecule has 4 rings (SSSR count). The van der Waals surface area contributed by atoms with Gasteiger partial charge in [-0.05, 0) is 48.2 Å². The second kappa shape index (κ2) is 14.4. The average molecular weight is 507 g/mol. The van der Waals surface area contributed by atoms with Crippen LogP contribution in [0.1, 0.15) is 128 Å². The molecular formula is C34H50O3. The molecule has 3 nitrogen and oxygen atoms in total. The number of unbranched alkanes of at least 4 members (excludes halogenated alkanes) is 10. The van der Waals surface area contributed by atoms with E-state index in [0.717, 1.165) is 50.4 Å². The summed E-state index contributed by atoms with van der Waals surface area (Å²) in [6.07, 6.45) is 20.4. The highest BCUT2D eigenvalue weighted by molar-refractivity contribution is 5.38. The van der Waals surface area contributed by atoms with Crippen molar-refractivity contribution in [1.82, 2.24) is 0 Å². The van der Waals surface area contributed by atoms with Crippen LogP contribution in [0.15, 0.2) is 48.5 Å². The van der Waals surface area contributed by atoms with Gasteiger partial charge < -0.3 is 14.2 Å². The zero-order valence-electron chi connectivity index (χ0n) is 23.6. The summed E-state index contributed by atoms with van der Waals surface area (Å²) < 4.78 is 18.5. The van der Waals surface area contributed by atoms with Crippen LogP contribution in [-0.4, -0.2) is 13.2 Å². The Hall–Kier alpha value is -1.84. The normalized spacial score (nSPS) is 22.9. The maximum Gasteiger partial charge on any atom is 0.127 e. The van der Waals surface area contributed by atoms with Crippen LogP contribution in [0, 0.1) is 0 Å². The Morgan fingerprint density at radius 1 is 0.541 bits per heavy atom. The van der Waals surface area contributed by atoms with E-state index in [1.54, 1.807) is 0 Å². The molecule has 0 aromatic heterocycles. The number of hydrogen-bond acceptors (Lipinski definition) is 3. The first-order chi connectivity index (χ1) is 18.2. The summed E-state index contributed by atoms with van der Waals surface area (Å²) >= 11 is 0. The molecule has 3 heteroatoms. The number of ether oxygens (including phenoxy) is 3.